The van der Waals surface area contributed by atoms with E-state index in [1.54, 1.807) is 23.6 Å². The fourth-order valence-electron chi connectivity index (χ4n) is 2.43. The quantitative estimate of drug-likeness (QED) is 0.814. The summed E-state index contributed by atoms with van der Waals surface area (Å²) in [6, 6.07) is 5.69. The van der Waals surface area contributed by atoms with Gasteiger partial charge in [-0.3, -0.25) is 4.79 Å². The molecule has 1 aliphatic carbocycles. The second-order valence-electron chi connectivity index (χ2n) is 4.93. The fourth-order valence-corrected chi connectivity index (χ4v) is 3.91. The van der Waals surface area contributed by atoms with Gasteiger partial charge in [0, 0.05) is 15.5 Å². The van der Waals surface area contributed by atoms with Gasteiger partial charge in [0.05, 0.1) is 4.88 Å². The molecular formula is C15H15BrN2OS. The lowest BCUT2D eigenvalue weighted by Crippen LogP contribution is -2.11. The zero-order valence-corrected chi connectivity index (χ0v) is 13.4. The van der Waals surface area contributed by atoms with Gasteiger partial charge in [0.15, 0.2) is 0 Å². The molecule has 20 heavy (non-hydrogen) atoms. The van der Waals surface area contributed by atoms with E-state index in [0.29, 0.717) is 5.82 Å². The minimum absolute atomic E-state index is 0.0614. The molecule has 1 aliphatic rings. The number of nitrogens with zero attached hydrogens (tertiary/aromatic N) is 1. The van der Waals surface area contributed by atoms with Crippen molar-refractivity contribution in [3.8, 4) is 0 Å². The van der Waals surface area contributed by atoms with Crippen LogP contribution in [0.1, 0.15) is 39.4 Å². The van der Waals surface area contributed by atoms with Crippen molar-refractivity contribution in [2.75, 3.05) is 5.32 Å². The van der Waals surface area contributed by atoms with Crippen LogP contribution in [0.15, 0.2) is 28.9 Å². The number of fused-ring (bicyclic) bond motifs is 1. The first-order chi connectivity index (χ1) is 9.72. The summed E-state index contributed by atoms with van der Waals surface area (Å²) in [4.78, 5) is 18.6. The van der Waals surface area contributed by atoms with Gasteiger partial charge < -0.3 is 5.32 Å². The summed E-state index contributed by atoms with van der Waals surface area (Å²) in [7, 11) is 0. The zero-order chi connectivity index (χ0) is 13.9. The molecule has 0 unspecified atom stereocenters. The third-order valence-corrected chi connectivity index (χ3v) is 5.16. The number of thiophene rings is 1. The van der Waals surface area contributed by atoms with Crippen LogP contribution in [0.5, 0.6) is 0 Å². The number of aromatic nitrogens is 1. The highest BCUT2D eigenvalue weighted by atomic mass is 79.9. The maximum atomic E-state index is 12.3. The Kier molecular flexibility index (Phi) is 4.17. The normalized spacial score (nSPS) is 14.4. The van der Waals surface area contributed by atoms with Crippen molar-refractivity contribution in [3.63, 3.8) is 0 Å². The van der Waals surface area contributed by atoms with Crippen molar-refractivity contribution in [2.24, 2.45) is 0 Å². The van der Waals surface area contributed by atoms with Crippen LogP contribution in [0, 0.1) is 0 Å². The summed E-state index contributed by atoms with van der Waals surface area (Å²) >= 11 is 5.00. The smallest absolute Gasteiger partial charge is 0.266 e. The summed E-state index contributed by atoms with van der Waals surface area (Å²) in [6.45, 7) is 0. The number of carbonyl (C=O) groups is 1. The molecule has 0 saturated carbocycles. The molecule has 3 rings (SSSR count). The van der Waals surface area contributed by atoms with Gasteiger partial charge >= 0.3 is 0 Å². The standard InChI is InChI=1S/C15H15BrN2OS/c16-11-6-7-17-14(9-11)18-15(19)13-8-10-4-2-1-3-5-12(10)20-13/h6-9H,1-5H2,(H,17,18,19). The van der Waals surface area contributed by atoms with Gasteiger partial charge in [-0.1, -0.05) is 22.4 Å². The predicted molar refractivity (Wildman–Crippen MR) is 85.5 cm³/mol. The van der Waals surface area contributed by atoms with Crippen molar-refractivity contribution >= 4 is 39.0 Å². The fraction of sp³-hybridized carbons (Fsp3) is 0.333. The Labute approximate surface area is 130 Å². The Balaban J connectivity index is 1.77. The second-order valence-corrected chi connectivity index (χ2v) is 6.99. The number of hydrogen-bond donors (Lipinski definition) is 1. The largest absolute Gasteiger partial charge is 0.306 e. The molecule has 0 spiro atoms. The molecule has 1 amide bonds. The van der Waals surface area contributed by atoms with Crippen molar-refractivity contribution in [1.29, 1.82) is 0 Å². The van der Waals surface area contributed by atoms with Gasteiger partial charge in [0.1, 0.15) is 5.82 Å². The molecule has 0 radical (unpaired) electrons. The van der Waals surface area contributed by atoms with Crippen LogP contribution < -0.4 is 5.32 Å². The minimum atomic E-state index is -0.0614. The van der Waals surface area contributed by atoms with Gasteiger partial charge in [-0.15, -0.1) is 11.3 Å². The lowest BCUT2D eigenvalue weighted by atomic mass is 10.1. The lowest BCUT2D eigenvalue weighted by molar-refractivity contribution is 0.103. The molecule has 104 valence electrons. The van der Waals surface area contributed by atoms with Gasteiger partial charge in [0.25, 0.3) is 5.91 Å². The predicted octanol–water partition coefficient (Wildman–Crippen LogP) is 4.43. The summed E-state index contributed by atoms with van der Waals surface area (Å²) in [6.07, 6.45) is 7.66. The summed E-state index contributed by atoms with van der Waals surface area (Å²) in [5.74, 6) is 0.515. The molecule has 0 bridgehead atoms. The average molecular weight is 351 g/mol. The number of anilines is 1. The topological polar surface area (TPSA) is 42.0 Å². The Hall–Kier alpha value is -1.20. The van der Waals surface area contributed by atoms with Crippen molar-refractivity contribution < 1.29 is 4.79 Å². The van der Waals surface area contributed by atoms with Crippen LogP contribution in [0.3, 0.4) is 0 Å². The average Bonchev–Trinajstić information content (AvgIpc) is 2.70. The number of carbonyl (C=O) groups excluding carboxylic acids is 1. The lowest BCUT2D eigenvalue weighted by Gasteiger charge is -2.02. The Morgan fingerprint density at radius 3 is 2.95 bits per heavy atom. The molecule has 0 fully saturated rings. The monoisotopic (exact) mass is 350 g/mol. The highest BCUT2D eigenvalue weighted by Crippen LogP contribution is 2.29. The number of halogens is 1. The number of rotatable bonds is 2. The van der Waals surface area contributed by atoms with E-state index < -0.39 is 0 Å². The van der Waals surface area contributed by atoms with E-state index in [-0.39, 0.29) is 5.91 Å². The van der Waals surface area contributed by atoms with Gasteiger partial charge in [0.2, 0.25) is 0 Å². The highest BCUT2D eigenvalue weighted by molar-refractivity contribution is 9.10. The first-order valence-electron chi connectivity index (χ1n) is 6.77. The molecule has 5 heteroatoms. The van der Waals surface area contributed by atoms with E-state index in [1.165, 1.54) is 29.7 Å². The molecule has 0 saturated heterocycles. The van der Waals surface area contributed by atoms with E-state index in [2.05, 4.69) is 32.3 Å². The third kappa shape index (κ3) is 3.10. The first-order valence-corrected chi connectivity index (χ1v) is 8.38. The Bertz CT molecular complexity index is 615. The van der Waals surface area contributed by atoms with Gasteiger partial charge in [-0.2, -0.15) is 0 Å². The van der Waals surface area contributed by atoms with Gasteiger partial charge in [-0.05, 0) is 49.4 Å². The van der Waals surface area contributed by atoms with Crippen LogP contribution in [0.4, 0.5) is 5.82 Å². The minimum Gasteiger partial charge on any atom is -0.306 e. The van der Waals surface area contributed by atoms with Crippen molar-refractivity contribution in [3.05, 3.63) is 44.2 Å². The van der Waals surface area contributed by atoms with Crippen molar-refractivity contribution in [1.82, 2.24) is 4.98 Å². The van der Waals surface area contributed by atoms with E-state index in [1.807, 2.05) is 6.07 Å². The van der Waals surface area contributed by atoms with Gasteiger partial charge in [-0.25, -0.2) is 4.98 Å². The molecule has 2 aromatic rings. The van der Waals surface area contributed by atoms with Crippen LogP contribution >= 0.6 is 27.3 Å². The number of amides is 1. The summed E-state index contributed by atoms with van der Waals surface area (Å²) < 4.78 is 0.907. The summed E-state index contributed by atoms with van der Waals surface area (Å²) in [5.41, 5.74) is 1.36. The Morgan fingerprint density at radius 2 is 2.10 bits per heavy atom. The van der Waals surface area contributed by atoms with Crippen LogP contribution in [0.2, 0.25) is 0 Å². The summed E-state index contributed by atoms with van der Waals surface area (Å²) in [5, 5.41) is 2.85. The molecule has 2 heterocycles. The molecular weight excluding hydrogens is 336 g/mol. The molecule has 3 nitrogen and oxygen atoms in total. The molecule has 1 N–H and O–H groups in total. The van der Waals surface area contributed by atoms with Crippen LogP contribution in [-0.4, -0.2) is 10.9 Å². The van der Waals surface area contributed by atoms with Crippen LogP contribution in [-0.2, 0) is 12.8 Å². The van der Waals surface area contributed by atoms with E-state index in [9.17, 15) is 4.79 Å². The zero-order valence-electron chi connectivity index (χ0n) is 11.0. The number of pyridine rings is 1. The molecule has 0 aliphatic heterocycles. The SMILES string of the molecule is O=C(Nc1cc(Br)ccn1)c1cc2c(s1)CCCCC2. The van der Waals surface area contributed by atoms with Crippen molar-refractivity contribution in [2.45, 2.75) is 32.1 Å². The second kappa shape index (κ2) is 6.06. The third-order valence-electron chi connectivity index (χ3n) is 3.43. The van der Waals surface area contributed by atoms with E-state index >= 15 is 0 Å². The highest BCUT2D eigenvalue weighted by Gasteiger charge is 2.16. The van der Waals surface area contributed by atoms with E-state index in [4.69, 9.17) is 0 Å². The molecule has 0 aromatic carbocycles. The Morgan fingerprint density at radius 1 is 1.25 bits per heavy atom. The maximum Gasteiger partial charge on any atom is 0.266 e. The van der Waals surface area contributed by atoms with Crippen LogP contribution in [0.25, 0.3) is 0 Å². The molecule has 2 aromatic heterocycles. The number of hydrogen-bond acceptors (Lipinski definition) is 3. The van der Waals surface area contributed by atoms with E-state index in [0.717, 1.165) is 22.2 Å². The maximum absolute atomic E-state index is 12.3. The number of nitrogens with one attached hydrogen (secondary N) is 1. The molecule has 0 atom stereocenters. The first kappa shape index (κ1) is 13.8. The number of aryl methyl sites for hydroxylation is 2.